The molecule has 0 bridgehead atoms. The van der Waals surface area contributed by atoms with E-state index in [-0.39, 0.29) is 17.9 Å². The normalized spacial score (nSPS) is 23.5. The molecule has 0 aliphatic carbocycles. The number of thiazole rings is 1. The number of hydrogen-bond donors (Lipinski definition) is 0. The molecule has 126 valence electrons. The van der Waals surface area contributed by atoms with Crippen LogP contribution in [0.25, 0.3) is 0 Å². The molecular formula is C19H22N2O2S. The molecular weight excluding hydrogens is 320 g/mol. The molecule has 2 aliphatic rings. The van der Waals surface area contributed by atoms with Crippen LogP contribution in [0.1, 0.15) is 53.9 Å². The van der Waals surface area contributed by atoms with Crippen molar-refractivity contribution in [1.82, 2.24) is 9.88 Å². The van der Waals surface area contributed by atoms with E-state index in [4.69, 9.17) is 4.74 Å². The molecule has 1 amide bonds. The van der Waals surface area contributed by atoms with Crippen molar-refractivity contribution < 1.29 is 9.53 Å². The maximum Gasteiger partial charge on any atom is 0.230 e. The SMILES string of the molecule is Cc1csc([C@H]2CCCCN2C(=O)[C@@H]2CCOc3ccccc32)n1. The zero-order chi connectivity index (χ0) is 16.5. The first-order valence-corrected chi connectivity index (χ1v) is 9.56. The van der Waals surface area contributed by atoms with Crippen molar-refractivity contribution in [1.29, 1.82) is 0 Å². The number of benzene rings is 1. The van der Waals surface area contributed by atoms with Crippen LogP contribution in [0.4, 0.5) is 0 Å². The number of ether oxygens (including phenoxy) is 1. The third kappa shape index (κ3) is 2.81. The lowest BCUT2D eigenvalue weighted by Crippen LogP contribution is -2.42. The van der Waals surface area contributed by atoms with Gasteiger partial charge in [-0.2, -0.15) is 0 Å². The number of aryl methyl sites for hydroxylation is 1. The van der Waals surface area contributed by atoms with Crippen LogP contribution in [0.2, 0.25) is 0 Å². The van der Waals surface area contributed by atoms with E-state index in [1.54, 1.807) is 11.3 Å². The van der Waals surface area contributed by atoms with Crippen LogP contribution < -0.4 is 4.74 Å². The third-order valence-electron chi connectivity index (χ3n) is 4.96. The summed E-state index contributed by atoms with van der Waals surface area (Å²) < 4.78 is 5.72. The minimum atomic E-state index is -0.0865. The summed E-state index contributed by atoms with van der Waals surface area (Å²) in [5.74, 6) is 1.01. The van der Waals surface area contributed by atoms with Gasteiger partial charge in [0.2, 0.25) is 5.91 Å². The Bertz CT molecular complexity index is 742. The predicted octanol–water partition coefficient (Wildman–Crippen LogP) is 4.07. The largest absolute Gasteiger partial charge is 0.493 e. The maximum atomic E-state index is 13.4. The number of amides is 1. The van der Waals surface area contributed by atoms with Gasteiger partial charge in [0.1, 0.15) is 10.8 Å². The molecule has 4 rings (SSSR count). The van der Waals surface area contributed by atoms with Gasteiger partial charge in [0.15, 0.2) is 0 Å². The van der Waals surface area contributed by atoms with Gasteiger partial charge in [-0.05, 0) is 38.7 Å². The summed E-state index contributed by atoms with van der Waals surface area (Å²) in [4.78, 5) is 20.1. The van der Waals surface area contributed by atoms with Gasteiger partial charge < -0.3 is 9.64 Å². The molecule has 24 heavy (non-hydrogen) atoms. The van der Waals surface area contributed by atoms with Gasteiger partial charge in [-0.3, -0.25) is 4.79 Å². The molecule has 2 atom stereocenters. The number of aromatic nitrogens is 1. The Morgan fingerprint density at radius 2 is 2.17 bits per heavy atom. The molecule has 2 aliphatic heterocycles. The molecule has 1 aromatic heterocycles. The molecule has 1 aromatic carbocycles. The summed E-state index contributed by atoms with van der Waals surface area (Å²) in [5.41, 5.74) is 2.08. The fraction of sp³-hybridized carbons (Fsp3) is 0.474. The summed E-state index contributed by atoms with van der Waals surface area (Å²) in [7, 11) is 0. The summed E-state index contributed by atoms with van der Waals surface area (Å²) in [6, 6.07) is 8.09. The Morgan fingerprint density at radius 1 is 1.29 bits per heavy atom. The van der Waals surface area contributed by atoms with Gasteiger partial charge in [0.25, 0.3) is 0 Å². The molecule has 4 nitrogen and oxygen atoms in total. The summed E-state index contributed by atoms with van der Waals surface area (Å²) in [6.07, 6.45) is 4.02. The lowest BCUT2D eigenvalue weighted by Gasteiger charge is -2.38. The standard InChI is InChI=1S/C19H22N2O2S/c1-13-12-24-18(20-13)16-7-4-5-10-21(16)19(22)15-9-11-23-17-8-3-2-6-14(15)17/h2-3,6,8,12,15-16H,4-5,7,9-11H2,1H3/t15-,16-/m1/s1. The van der Waals surface area contributed by atoms with Gasteiger partial charge in [-0.25, -0.2) is 4.98 Å². The molecule has 0 radical (unpaired) electrons. The van der Waals surface area contributed by atoms with E-state index < -0.39 is 0 Å². The van der Waals surface area contributed by atoms with Crippen molar-refractivity contribution in [3.8, 4) is 5.75 Å². The van der Waals surface area contributed by atoms with Crippen LogP contribution in [0.15, 0.2) is 29.6 Å². The van der Waals surface area contributed by atoms with Crippen molar-refractivity contribution in [3.05, 3.63) is 45.9 Å². The highest BCUT2D eigenvalue weighted by atomic mass is 32.1. The van der Waals surface area contributed by atoms with E-state index in [9.17, 15) is 4.79 Å². The number of para-hydroxylation sites is 1. The number of nitrogens with zero attached hydrogens (tertiary/aromatic N) is 2. The number of hydrogen-bond acceptors (Lipinski definition) is 4. The van der Waals surface area contributed by atoms with E-state index >= 15 is 0 Å². The zero-order valence-corrected chi connectivity index (χ0v) is 14.7. The molecule has 0 spiro atoms. The van der Waals surface area contributed by atoms with Crippen LogP contribution in [-0.4, -0.2) is 28.9 Å². The highest BCUT2D eigenvalue weighted by Crippen LogP contribution is 2.39. The Kier molecular flexibility index (Phi) is 4.27. The van der Waals surface area contributed by atoms with E-state index in [2.05, 4.69) is 15.3 Å². The van der Waals surface area contributed by atoms with E-state index in [0.29, 0.717) is 6.61 Å². The molecule has 1 saturated heterocycles. The van der Waals surface area contributed by atoms with Crippen molar-refractivity contribution in [2.45, 2.75) is 44.6 Å². The van der Waals surface area contributed by atoms with Crippen molar-refractivity contribution >= 4 is 17.2 Å². The minimum Gasteiger partial charge on any atom is -0.493 e. The Morgan fingerprint density at radius 3 is 3.00 bits per heavy atom. The molecule has 2 aromatic rings. The van der Waals surface area contributed by atoms with Gasteiger partial charge in [0.05, 0.1) is 18.6 Å². The first-order valence-electron chi connectivity index (χ1n) is 8.68. The summed E-state index contributed by atoms with van der Waals surface area (Å²) in [6.45, 7) is 3.47. The highest BCUT2D eigenvalue weighted by Gasteiger charge is 2.36. The minimum absolute atomic E-state index is 0.0865. The second-order valence-electron chi connectivity index (χ2n) is 6.60. The molecule has 0 N–H and O–H groups in total. The second-order valence-corrected chi connectivity index (χ2v) is 7.49. The topological polar surface area (TPSA) is 42.4 Å². The van der Waals surface area contributed by atoms with Crippen LogP contribution in [0, 0.1) is 6.92 Å². The van der Waals surface area contributed by atoms with E-state index in [0.717, 1.165) is 54.2 Å². The molecule has 0 saturated carbocycles. The van der Waals surface area contributed by atoms with Crippen LogP contribution in [0.3, 0.4) is 0 Å². The van der Waals surface area contributed by atoms with Crippen molar-refractivity contribution in [2.75, 3.05) is 13.2 Å². The molecule has 1 fully saturated rings. The molecule has 0 unspecified atom stereocenters. The van der Waals surface area contributed by atoms with Crippen molar-refractivity contribution in [3.63, 3.8) is 0 Å². The van der Waals surface area contributed by atoms with E-state index in [1.165, 1.54) is 0 Å². The monoisotopic (exact) mass is 342 g/mol. The average Bonchev–Trinajstić information content (AvgIpc) is 3.07. The number of carbonyl (C=O) groups excluding carboxylic acids is 1. The lowest BCUT2D eigenvalue weighted by atomic mass is 9.90. The second kappa shape index (κ2) is 6.55. The fourth-order valence-corrected chi connectivity index (χ4v) is 4.72. The predicted molar refractivity (Wildman–Crippen MR) is 94.5 cm³/mol. The van der Waals surface area contributed by atoms with E-state index in [1.807, 2.05) is 31.2 Å². The maximum absolute atomic E-state index is 13.4. The number of fused-ring (bicyclic) bond motifs is 1. The number of likely N-dealkylation sites (tertiary alicyclic amines) is 1. The van der Waals surface area contributed by atoms with Gasteiger partial charge in [0, 0.05) is 23.2 Å². The van der Waals surface area contributed by atoms with Crippen LogP contribution >= 0.6 is 11.3 Å². The Labute approximate surface area is 146 Å². The number of piperidine rings is 1. The molecule has 3 heterocycles. The van der Waals surface area contributed by atoms with Crippen LogP contribution in [0.5, 0.6) is 5.75 Å². The zero-order valence-electron chi connectivity index (χ0n) is 13.9. The third-order valence-corrected chi connectivity index (χ3v) is 6.03. The van der Waals surface area contributed by atoms with Crippen molar-refractivity contribution in [2.24, 2.45) is 0 Å². The fourth-order valence-electron chi connectivity index (χ4n) is 3.78. The number of rotatable bonds is 2. The first-order chi connectivity index (χ1) is 11.7. The number of carbonyl (C=O) groups is 1. The summed E-state index contributed by atoms with van der Waals surface area (Å²) >= 11 is 1.68. The smallest absolute Gasteiger partial charge is 0.230 e. The van der Waals surface area contributed by atoms with Crippen LogP contribution in [-0.2, 0) is 4.79 Å². The van der Waals surface area contributed by atoms with Gasteiger partial charge in [-0.1, -0.05) is 18.2 Å². The van der Waals surface area contributed by atoms with Gasteiger partial charge >= 0.3 is 0 Å². The lowest BCUT2D eigenvalue weighted by molar-refractivity contribution is -0.137. The Hall–Kier alpha value is -1.88. The molecule has 5 heteroatoms. The Balaban J connectivity index is 1.63. The van der Waals surface area contributed by atoms with Gasteiger partial charge in [-0.15, -0.1) is 11.3 Å². The first kappa shape index (κ1) is 15.6. The average molecular weight is 342 g/mol. The quantitative estimate of drug-likeness (QED) is 0.826. The summed E-state index contributed by atoms with van der Waals surface area (Å²) in [5, 5.41) is 3.16. The highest BCUT2D eigenvalue weighted by molar-refractivity contribution is 7.09.